The van der Waals surface area contributed by atoms with Crippen molar-refractivity contribution in [2.75, 3.05) is 24.4 Å². The third-order valence-corrected chi connectivity index (χ3v) is 4.90. The highest BCUT2D eigenvalue weighted by Crippen LogP contribution is 2.27. The summed E-state index contributed by atoms with van der Waals surface area (Å²) in [5.41, 5.74) is 4.01. The Bertz CT molecular complexity index is 974. The largest absolute Gasteiger partial charge is 0.495 e. The van der Waals surface area contributed by atoms with Gasteiger partial charge >= 0.3 is 0 Å². The van der Waals surface area contributed by atoms with Gasteiger partial charge < -0.3 is 20.1 Å². The molecule has 1 amide bonds. The van der Waals surface area contributed by atoms with Gasteiger partial charge in [0.25, 0.3) is 5.91 Å². The lowest BCUT2D eigenvalue weighted by Gasteiger charge is -2.12. The van der Waals surface area contributed by atoms with E-state index in [1.807, 2.05) is 30.3 Å². The Morgan fingerprint density at radius 2 is 1.76 bits per heavy atom. The number of ether oxygens (including phenoxy) is 2. The lowest BCUT2D eigenvalue weighted by molar-refractivity contribution is -0.118. The third kappa shape index (κ3) is 5.99. The number of benzene rings is 3. The number of methoxy groups -OCH3 is 1. The van der Waals surface area contributed by atoms with E-state index in [1.165, 1.54) is 5.56 Å². The highest BCUT2D eigenvalue weighted by atomic mass is 79.9. The van der Waals surface area contributed by atoms with Gasteiger partial charge in [0.2, 0.25) is 0 Å². The molecule has 6 heteroatoms. The van der Waals surface area contributed by atoms with E-state index in [0.29, 0.717) is 23.7 Å². The molecule has 3 rings (SSSR count). The number of halogens is 1. The number of amides is 1. The minimum Gasteiger partial charge on any atom is -0.495 e. The minimum atomic E-state index is -0.258. The molecule has 5 nitrogen and oxygen atoms in total. The normalized spacial score (nSPS) is 10.3. The topological polar surface area (TPSA) is 59.6 Å². The molecule has 0 aliphatic heterocycles. The van der Waals surface area contributed by atoms with Gasteiger partial charge in [0, 0.05) is 12.2 Å². The Balaban J connectivity index is 1.53. The van der Waals surface area contributed by atoms with Crippen molar-refractivity contribution in [3.63, 3.8) is 0 Å². The highest BCUT2D eigenvalue weighted by Gasteiger charge is 2.09. The van der Waals surface area contributed by atoms with Crippen molar-refractivity contribution in [1.82, 2.24) is 0 Å². The molecule has 0 atom stereocenters. The molecule has 0 spiro atoms. The number of carbonyl (C=O) groups is 1. The van der Waals surface area contributed by atoms with Crippen molar-refractivity contribution in [2.24, 2.45) is 0 Å². The molecule has 29 heavy (non-hydrogen) atoms. The summed E-state index contributed by atoms with van der Waals surface area (Å²) in [7, 11) is 1.56. The molecule has 0 fully saturated rings. The third-order valence-electron chi connectivity index (χ3n) is 4.28. The van der Waals surface area contributed by atoms with Crippen LogP contribution >= 0.6 is 15.9 Å². The summed E-state index contributed by atoms with van der Waals surface area (Å²) in [6.45, 7) is 2.66. The number of anilines is 2. The average Bonchev–Trinajstić information content (AvgIpc) is 2.73. The summed E-state index contributed by atoms with van der Waals surface area (Å²) in [5.74, 6) is 0.957. The van der Waals surface area contributed by atoms with Gasteiger partial charge in [-0.3, -0.25) is 4.79 Å². The molecule has 0 saturated heterocycles. The summed E-state index contributed by atoms with van der Waals surface area (Å²) in [6.07, 6.45) is 0. The van der Waals surface area contributed by atoms with Crippen LogP contribution in [0.25, 0.3) is 0 Å². The zero-order chi connectivity index (χ0) is 20.6. The van der Waals surface area contributed by atoms with Crippen molar-refractivity contribution in [2.45, 2.75) is 13.5 Å². The Morgan fingerprint density at radius 1 is 1.00 bits per heavy atom. The fourth-order valence-corrected chi connectivity index (χ4v) is 3.27. The molecule has 0 bridgehead atoms. The Morgan fingerprint density at radius 3 is 2.48 bits per heavy atom. The van der Waals surface area contributed by atoms with Crippen LogP contribution in [0, 0.1) is 6.92 Å². The van der Waals surface area contributed by atoms with E-state index in [-0.39, 0.29) is 12.5 Å². The quantitative estimate of drug-likeness (QED) is 0.478. The fourth-order valence-electron chi connectivity index (χ4n) is 2.72. The number of para-hydroxylation sites is 2. The van der Waals surface area contributed by atoms with Crippen LogP contribution in [-0.4, -0.2) is 19.6 Å². The molecule has 3 aromatic carbocycles. The summed E-state index contributed by atoms with van der Waals surface area (Å²) in [4.78, 5) is 12.2. The lowest BCUT2D eigenvalue weighted by Crippen LogP contribution is -2.20. The Kier molecular flexibility index (Phi) is 7.14. The van der Waals surface area contributed by atoms with Gasteiger partial charge in [0.15, 0.2) is 6.61 Å². The van der Waals surface area contributed by atoms with Crippen LogP contribution in [0.2, 0.25) is 0 Å². The van der Waals surface area contributed by atoms with E-state index in [9.17, 15) is 4.79 Å². The van der Waals surface area contributed by atoms with Crippen LogP contribution in [0.1, 0.15) is 11.1 Å². The number of aryl methyl sites for hydroxylation is 1. The van der Waals surface area contributed by atoms with Crippen LogP contribution in [-0.2, 0) is 11.3 Å². The van der Waals surface area contributed by atoms with Gasteiger partial charge in [-0.05, 0) is 64.8 Å². The highest BCUT2D eigenvalue weighted by molar-refractivity contribution is 9.10. The number of nitrogens with one attached hydrogen (secondary N) is 2. The molecular formula is C23H23BrN2O3. The maximum atomic E-state index is 12.2. The first-order valence-electron chi connectivity index (χ1n) is 9.20. The van der Waals surface area contributed by atoms with Crippen molar-refractivity contribution in [3.05, 3.63) is 82.3 Å². The van der Waals surface area contributed by atoms with Crippen LogP contribution in [0.5, 0.6) is 11.5 Å². The predicted molar refractivity (Wildman–Crippen MR) is 120 cm³/mol. The van der Waals surface area contributed by atoms with Gasteiger partial charge in [-0.2, -0.15) is 0 Å². The second-order valence-electron chi connectivity index (χ2n) is 6.52. The first-order valence-corrected chi connectivity index (χ1v) is 9.99. The molecule has 3 aromatic rings. The number of rotatable bonds is 8. The number of hydrogen-bond donors (Lipinski definition) is 2. The van der Waals surface area contributed by atoms with Crippen molar-refractivity contribution < 1.29 is 14.3 Å². The fraction of sp³-hybridized carbons (Fsp3) is 0.174. The van der Waals surface area contributed by atoms with Crippen LogP contribution in [0.3, 0.4) is 0 Å². The van der Waals surface area contributed by atoms with Crippen molar-refractivity contribution in [3.8, 4) is 11.5 Å². The van der Waals surface area contributed by atoms with Crippen LogP contribution in [0.4, 0.5) is 11.4 Å². The zero-order valence-corrected chi connectivity index (χ0v) is 18.0. The van der Waals surface area contributed by atoms with Crippen LogP contribution in [0.15, 0.2) is 71.2 Å². The average molecular weight is 455 g/mol. The van der Waals surface area contributed by atoms with E-state index in [4.69, 9.17) is 9.47 Å². The van der Waals surface area contributed by atoms with Gasteiger partial charge in [-0.1, -0.05) is 35.9 Å². The maximum absolute atomic E-state index is 12.2. The van der Waals surface area contributed by atoms with Crippen molar-refractivity contribution >= 4 is 33.2 Å². The van der Waals surface area contributed by atoms with Gasteiger partial charge in [0.05, 0.1) is 17.3 Å². The zero-order valence-electron chi connectivity index (χ0n) is 16.4. The summed E-state index contributed by atoms with van der Waals surface area (Å²) >= 11 is 3.52. The molecule has 0 aliphatic rings. The summed E-state index contributed by atoms with van der Waals surface area (Å²) in [5, 5.41) is 6.18. The SMILES string of the molecule is COc1ccccc1NC(=O)COc1ccc(CNc2ccc(C)cc2)cc1Br. The number of carbonyl (C=O) groups excluding carboxylic acids is 1. The standard InChI is InChI=1S/C23H23BrN2O3/c1-16-7-10-18(11-8-16)25-14-17-9-12-21(19(24)13-17)29-15-23(27)26-20-5-3-4-6-22(20)28-2/h3-13,25H,14-15H2,1-2H3,(H,26,27). The van der Waals surface area contributed by atoms with Gasteiger partial charge in [0.1, 0.15) is 11.5 Å². The van der Waals surface area contributed by atoms with E-state index in [1.54, 1.807) is 19.2 Å². The molecule has 0 unspecified atom stereocenters. The minimum absolute atomic E-state index is 0.0996. The second-order valence-corrected chi connectivity index (χ2v) is 7.38. The van der Waals surface area contributed by atoms with Crippen LogP contribution < -0.4 is 20.1 Å². The molecular weight excluding hydrogens is 432 g/mol. The second kappa shape index (κ2) is 9.98. The summed E-state index contributed by atoms with van der Waals surface area (Å²) < 4.78 is 11.7. The molecule has 0 heterocycles. The molecule has 0 aromatic heterocycles. The van der Waals surface area contributed by atoms with E-state index in [2.05, 4.69) is 57.8 Å². The predicted octanol–water partition coefficient (Wildman–Crippen LogP) is 5.40. The maximum Gasteiger partial charge on any atom is 0.262 e. The van der Waals surface area contributed by atoms with E-state index >= 15 is 0 Å². The Labute approximate surface area is 179 Å². The first kappa shape index (κ1) is 20.7. The molecule has 0 radical (unpaired) electrons. The molecule has 150 valence electrons. The monoisotopic (exact) mass is 454 g/mol. The van der Waals surface area contributed by atoms with Gasteiger partial charge in [-0.15, -0.1) is 0 Å². The van der Waals surface area contributed by atoms with E-state index in [0.717, 1.165) is 15.7 Å². The van der Waals surface area contributed by atoms with E-state index < -0.39 is 0 Å². The first-order chi connectivity index (χ1) is 14.0. The van der Waals surface area contributed by atoms with Gasteiger partial charge in [-0.25, -0.2) is 0 Å². The summed E-state index contributed by atoms with van der Waals surface area (Å²) in [6, 6.07) is 21.3. The smallest absolute Gasteiger partial charge is 0.262 e. The molecule has 0 saturated carbocycles. The lowest BCUT2D eigenvalue weighted by atomic mass is 10.2. The molecule has 2 N–H and O–H groups in total. The Hall–Kier alpha value is -2.99. The molecule has 0 aliphatic carbocycles. The number of hydrogen-bond acceptors (Lipinski definition) is 4. The van der Waals surface area contributed by atoms with Crippen molar-refractivity contribution in [1.29, 1.82) is 0 Å².